The van der Waals surface area contributed by atoms with Crippen LogP contribution in [0.4, 0.5) is 8.78 Å². The summed E-state index contributed by atoms with van der Waals surface area (Å²) in [5.41, 5.74) is 5.79. The van der Waals surface area contributed by atoms with Crippen LogP contribution in [0, 0.1) is 5.92 Å². The summed E-state index contributed by atoms with van der Waals surface area (Å²) in [6.07, 6.45) is -1.70. The minimum atomic E-state index is -2.27. The van der Waals surface area contributed by atoms with Crippen LogP contribution >= 0.6 is 24.0 Å². The second-order valence-corrected chi connectivity index (χ2v) is 4.42. The summed E-state index contributed by atoms with van der Waals surface area (Å²) in [7, 11) is 0. The molecule has 3 atom stereocenters. The quantitative estimate of drug-likeness (QED) is 0.458. The number of halogens is 3. The summed E-state index contributed by atoms with van der Waals surface area (Å²) >= 11 is 0. The van der Waals surface area contributed by atoms with Crippen LogP contribution in [0.1, 0.15) is 13.3 Å². The molecule has 2 rings (SSSR count). The van der Waals surface area contributed by atoms with Gasteiger partial charge < -0.3 is 15.4 Å². The van der Waals surface area contributed by atoms with E-state index in [0.29, 0.717) is 32.1 Å². The van der Waals surface area contributed by atoms with E-state index in [1.165, 1.54) is 0 Å². The van der Waals surface area contributed by atoms with E-state index in [1.54, 1.807) is 0 Å². The molecule has 0 aromatic carbocycles. The highest BCUT2D eigenvalue weighted by Gasteiger charge is 2.44. The van der Waals surface area contributed by atoms with Gasteiger partial charge in [0, 0.05) is 19.0 Å². The Hall–Kier alpha value is -0.180. The van der Waals surface area contributed by atoms with Crippen molar-refractivity contribution in [3.05, 3.63) is 0 Å². The number of nitrogens with two attached hydrogens (primary N) is 1. The highest BCUT2D eigenvalue weighted by molar-refractivity contribution is 14.0. The van der Waals surface area contributed by atoms with Crippen LogP contribution in [0.15, 0.2) is 4.99 Å². The van der Waals surface area contributed by atoms with Gasteiger partial charge in [0.1, 0.15) is 0 Å². The highest BCUT2D eigenvalue weighted by atomic mass is 127. The lowest BCUT2D eigenvalue weighted by molar-refractivity contribution is 0.00524. The van der Waals surface area contributed by atoms with Crippen LogP contribution in [0.2, 0.25) is 0 Å². The monoisotopic (exact) mass is 361 g/mol. The van der Waals surface area contributed by atoms with E-state index in [0.717, 1.165) is 0 Å². The van der Waals surface area contributed by atoms with Crippen molar-refractivity contribution in [3.8, 4) is 0 Å². The molecule has 2 fully saturated rings. The molecule has 1 heterocycles. The lowest BCUT2D eigenvalue weighted by Gasteiger charge is -2.31. The summed E-state index contributed by atoms with van der Waals surface area (Å²) in [6, 6.07) is -0.279. The molecule has 0 aromatic rings. The van der Waals surface area contributed by atoms with E-state index in [1.807, 2.05) is 11.8 Å². The van der Waals surface area contributed by atoms with E-state index in [4.69, 9.17) is 10.5 Å². The predicted octanol–water partition coefficient (Wildman–Crippen LogP) is 1.29. The normalized spacial score (nSPS) is 33.5. The lowest BCUT2D eigenvalue weighted by Crippen LogP contribution is -2.48. The number of guanidine groups is 1. The first-order valence-electron chi connectivity index (χ1n) is 5.56. The van der Waals surface area contributed by atoms with Gasteiger partial charge in [-0.2, -0.15) is 0 Å². The molecule has 2 aliphatic rings. The Kier molecular flexibility index (Phi) is 5.36. The van der Waals surface area contributed by atoms with Crippen molar-refractivity contribution in [1.82, 2.24) is 4.90 Å². The Bertz CT molecular complexity index is 291. The van der Waals surface area contributed by atoms with Gasteiger partial charge in [-0.05, 0) is 13.3 Å². The number of nitrogens with zero attached hydrogens (tertiary/aromatic N) is 2. The molecule has 1 aliphatic carbocycles. The average molecular weight is 361 g/mol. The molecular formula is C10H18F2IN3O. The Balaban J connectivity index is 0.00000144. The molecular weight excluding hydrogens is 343 g/mol. The van der Waals surface area contributed by atoms with Gasteiger partial charge in [-0.25, -0.2) is 13.8 Å². The zero-order valence-electron chi connectivity index (χ0n) is 9.68. The summed E-state index contributed by atoms with van der Waals surface area (Å²) in [5.74, 6) is -0.208. The summed E-state index contributed by atoms with van der Waals surface area (Å²) in [4.78, 5) is 6.03. The maximum atomic E-state index is 12.3. The molecule has 100 valence electrons. The topological polar surface area (TPSA) is 50.8 Å². The number of alkyl halides is 2. The first kappa shape index (κ1) is 14.9. The summed E-state index contributed by atoms with van der Waals surface area (Å²) in [5, 5.41) is 0. The van der Waals surface area contributed by atoms with Crippen LogP contribution in [-0.4, -0.2) is 49.1 Å². The number of hydrogen-bond donors (Lipinski definition) is 1. The fraction of sp³-hybridized carbons (Fsp3) is 0.900. The molecule has 1 saturated carbocycles. The van der Waals surface area contributed by atoms with Gasteiger partial charge in [0.15, 0.2) is 5.96 Å². The minimum Gasteiger partial charge on any atom is -0.375 e. The molecule has 7 heteroatoms. The number of morpholine rings is 1. The number of hydrogen-bond acceptors (Lipinski definition) is 2. The van der Waals surface area contributed by atoms with Gasteiger partial charge in [0.05, 0.1) is 18.8 Å². The summed E-state index contributed by atoms with van der Waals surface area (Å²) in [6.45, 7) is 3.94. The van der Waals surface area contributed by atoms with Crippen LogP contribution in [0.3, 0.4) is 0 Å². The lowest BCUT2D eigenvalue weighted by atomic mass is 10.3. The molecule has 1 aliphatic heterocycles. The summed E-state index contributed by atoms with van der Waals surface area (Å²) < 4.78 is 29.9. The first-order chi connectivity index (χ1) is 7.58. The Labute approximate surface area is 117 Å². The molecule has 0 aromatic heterocycles. The van der Waals surface area contributed by atoms with E-state index in [-0.39, 0.29) is 36.1 Å². The fourth-order valence-electron chi connectivity index (χ4n) is 1.90. The molecule has 4 nitrogen and oxygen atoms in total. The van der Waals surface area contributed by atoms with Crippen molar-refractivity contribution >= 4 is 29.9 Å². The molecule has 0 bridgehead atoms. The largest absolute Gasteiger partial charge is 0.375 e. The fourth-order valence-corrected chi connectivity index (χ4v) is 1.90. The molecule has 0 spiro atoms. The number of ether oxygens (including phenoxy) is 1. The van der Waals surface area contributed by atoms with Gasteiger partial charge >= 0.3 is 0 Å². The third-order valence-corrected chi connectivity index (χ3v) is 2.99. The first-order valence-corrected chi connectivity index (χ1v) is 5.56. The van der Waals surface area contributed by atoms with Crippen LogP contribution in [0.5, 0.6) is 0 Å². The SMILES string of the molecule is CC1CN(C(N)=N[C@H]2C[C@@H]2C(F)F)CCO1.I. The van der Waals surface area contributed by atoms with Crippen molar-refractivity contribution in [2.24, 2.45) is 16.6 Å². The van der Waals surface area contributed by atoms with E-state index in [2.05, 4.69) is 4.99 Å². The second kappa shape index (κ2) is 6.12. The number of rotatable bonds is 2. The molecule has 1 unspecified atom stereocenters. The van der Waals surface area contributed by atoms with Crippen molar-refractivity contribution in [2.45, 2.75) is 31.9 Å². The van der Waals surface area contributed by atoms with Crippen LogP contribution in [0.25, 0.3) is 0 Å². The van der Waals surface area contributed by atoms with Crippen molar-refractivity contribution in [2.75, 3.05) is 19.7 Å². The third kappa shape index (κ3) is 3.90. The minimum absolute atomic E-state index is 0. The van der Waals surface area contributed by atoms with Crippen molar-refractivity contribution in [1.29, 1.82) is 0 Å². The molecule has 2 N–H and O–H groups in total. The molecule has 0 amide bonds. The van der Waals surface area contributed by atoms with Crippen molar-refractivity contribution in [3.63, 3.8) is 0 Å². The Morgan fingerprint density at radius 1 is 1.53 bits per heavy atom. The molecule has 17 heavy (non-hydrogen) atoms. The maximum absolute atomic E-state index is 12.3. The standard InChI is InChI=1S/C10H17F2N3O.HI/c1-6-5-15(2-3-16-6)10(13)14-8-4-7(8)9(11)12;/h6-9H,2-5H2,1H3,(H2,13,14);1H/t6?,7-,8-;/m0./s1. The van der Waals surface area contributed by atoms with Crippen molar-refractivity contribution < 1.29 is 13.5 Å². The maximum Gasteiger partial charge on any atom is 0.243 e. The predicted molar refractivity (Wildman–Crippen MR) is 71.9 cm³/mol. The van der Waals surface area contributed by atoms with Gasteiger partial charge in [-0.1, -0.05) is 0 Å². The Morgan fingerprint density at radius 3 is 2.76 bits per heavy atom. The van der Waals surface area contributed by atoms with Gasteiger partial charge in [-0.15, -0.1) is 24.0 Å². The zero-order chi connectivity index (χ0) is 11.7. The van der Waals surface area contributed by atoms with Gasteiger partial charge in [0.25, 0.3) is 0 Å². The highest BCUT2D eigenvalue weighted by Crippen LogP contribution is 2.39. The van der Waals surface area contributed by atoms with Crippen LogP contribution < -0.4 is 5.73 Å². The van der Waals surface area contributed by atoms with E-state index in [9.17, 15) is 8.78 Å². The second-order valence-electron chi connectivity index (χ2n) is 4.42. The van der Waals surface area contributed by atoms with Gasteiger partial charge in [-0.3, -0.25) is 0 Å². The molecule has 0 radical (unpaired) electrons. The third-order valence-electron chi connectivity index (χ3n) is 2.99. The molecule has 1 saturated heterocycles. The Morgan fingerprint density at radius 2 is 2.24 bits per heavy atom. The van der Waals surface area contributed by atoms with Crippen LogP contribution in [-0.2, 0) is 4.74 Å². The van der Waals surface area contributed by atoms with E-state index < -0.39 is 12.3 Å². The average Bonchev–Trinajstić information content (AvgIpc) is 2.97. The van der Waals surface area contributed by atoms with Gasteiger partial charge in [0.2, 0.25) is 6.43 Å². The van der Waals surface area contributed by atoms with E-state index >= 15 is 0 Å². The zero-order valence-corrected chi connectivity index (χ0v) is 12.0. The number of aliphatic imine (C=N–C) groups is 1. The smallest absolute Gasteiger partial charge is 0.243 e.